The van der Waals surface area contributed by atoms with E-state index in [2.05, 4.69) is 29.2 Å². The predicted octanol–water partition coefficient (Wildman–Crippen LogP) is 3.00. The van der Waals surface area contributed by atoms with Gasteiger partial charge in [-0.15, -0.1) is 11.3 Å². The van der Waals surface area contributed by atoms with Gasteiger partial charge in [0.2, 0.25) is 0 Å². The minimum absolute atomic E-state index is 0.565. The van der Waals surface area contributed by atoms with Gasteiger partial charge >= 0.3 is 0 Å². The average Bonchev–Trinajstić information content (AvgIpc) is 2.86. The van der Waals surface area contributed by atoms with Crippen LogP contribution in [0.4, 0.5) is 0 Å². The van der Waals surface area contributed by atoms with Gasteiger partial charge in [0.1, 0.15) is 5.01 Å². The van der Waals surface area contributed by atoms with E-state index in [-0.39, 0.29) is 0 Å². The number of nitrogens with two attached hydrogens (primary N) is 1. The Kier molecular flexibility index (Phi) is 5.15. The number of nitrogens with zero attached hydrogens (tertiary/aromatic N) is 2. The average molecular weight is 267 g/mol. The molecule has 0 aromatic carbocycles. The van der Waals surface area contributed by atoms with E-state index in [1.54, 1.807) is 11.3 Å². The molecular formula is C14H25N3S. The van der Waals surface area contributed by atoms with Gasteiger partial charge in [-0.1, -0.05) is 13.3 Å². The maximum absolute atomic E-state index is 5.60. The van der Waals surface area contributed by atoms with Crippen LogP contribution in [-0.4, -0.2) is 23.0 Å². The summed E-state index contributed by atoms with van der Waals surface area (Å²) < 4.78 is 0. The minimum atomic E-state index is 0.565. The van der Waals surface area contributed by atoms with Crippen molar-refractivity contribution >= 4 is 11.3 Å². The largest absolute Gasteiger partial charge is 0.325 e. The lowest BCUT2D eigenvalue weighted by atomic mass is 9.84. The summed E-state index contributed by atoms with van der Waals surface area (Å²) in [5, 5.41) is 3.20. The SMILES string of the molecule is CCC1CCC(N(C)Cc2csc(CN)n2)CC1. The fraction of sp³-hybridized carbons (Fsp3) is 0.786. The minimum Gasteiger partial charge on any atom is -0.325 e. The van der Waals surface area contributed by atoms with Crippen LogP contribution in [0.2, 0.25) is 0 Å². The van der Waals surface area contributed by atoms with Crippen molar-refractivity contribution in [3.8, 4) is 0 Å². The molecule has 1 aromatic rings. The van der Waals surface area contributed by atoms with Crippen LogP contribution in [0.1, 0.15) is 49.7 Å². The van der Waals surface area contributed by atoms with Gasteiger partial charge in [-0.3, -0.25) is 4.90 Å². The standard InChI is InChI=1S/C14H25N3S/c1-3-11-4-6-13(7-5-11)17(2)9-12-10-18-14(8-15)16-12/h10-11,13H,3-9,15H2,1-2H3. The van der Waals surface area contributed by atoms with Crippen molar-refractivity contribution in [2.24, 2.45) is 11.7 Å². The van der Waals surface area contributed by atoms with Crippen LogP contribution in [0, 0.1) is 5.92 Å². The van der Waals surface area contributed by atoms with Gasteiger partial charge < -0.3 is 5.73 Å². The molecule has 1 saturated carbocycles. The van der Waals surface area contributed by atoms with E-state index >= 15 is 0 Å². The van der Waals surface area contributed by atoms with Crippen molar-refractivity contribution < 1.29 is 0 Å². The molecule has 18 heavy (non-hydrogen) atoms. The summed E-state index contributed by atoms with van der Waals surface area (Å²) in [6, 6.07) is 0.746. The van der Waals surface area contributed by atoms with Gasteiger partial charge in [0.05, 0.1) is 5.69 Å². The van der Waals surface area contributed by atoms with Crippen LogP contribution < -0.4 is 5.73 Å². The van der Waals surface area contributed by atoms with Gasteiger partial charge in [-0.25, -0.2) is 4.98 Å². The Hall–Kier alpha value is -0.450. The molecule has 1 aliphatic rings. The first-order valence-corrected chi connectivity index (χ1v) is 7.94. The zero-order valence-electron chi connectivity index (χ0n) is 11.6. The molecule has 0 atom stereocenters. The molecule has 2 rings (SSSR count). The molecule has 0 bridgehead atoms. The van der Waals surface area contributed by atoms with Crippen LogP contribution >= 0.6 is 11.3 Å². The summed E-state index contributed by atoms with van der Waals surface area (Å²) >= 11 is 1.68. The maximum atomic E-state index is 5.60. The number of hydrogen-bond acceptors (Lipinski definition) is 4. The topological polar surface area (TPSA) is 42.1 Å². The van der Waals surface area contributed by atoms with Crippen molar-refractivity contribution in [3.63, 3.8) is 0 Å². The Morgan fingerprint density at radius 1 is 1.39 bits per heavy atom. The number of hydrogen-bond donors (Lipinski definition) is 1. The third kappa shape index (κ3) is 3.53. The fourth-order valence-electron chi connectivity index (χ4n) is 2.89. The van der Waals surface area contributed by atoms with Crippen molar-refractivity contribution in [1.29, 1.82) is 0 Å². The van der Waals surface area contributed by atoms with Crippen LogP contribution in [-0.2, 0) is 13.1 Å². The highest BCUT2D eigenvalue weighted by molar-refractivity contribution is 7.09. The second-order valence-corrected chi connectivity index (χ2v) is 6.38. The quantitative estimate of drug-likeness (QED) is 0.891. The van der Waals surface area contributed by atoms with Crippen molar-refractivity contribution in [3.05, 3.63) is 16.1 Å². The maximum Gasteiger partial charge on any atom is 0.106 e. The van der Waals surface area contributed by atoms with Crippen LogP contribution in [0.5, 0.6) is 0 Å². The first-order chi connectivity index (χ1) is 8.72. The molecule has 2 N–H and O–H groups in total. The highest BCUT2D eigenvalue weighted by Crippen LogP contribution is 2.29. The molecule has 1 heterocycles. The number of aromatic nitrogens is 1. The molecule has 4 heteroatoms. The Labute approximate surface area is 114 Å². The highest BCUT2D eigenvalue weighted by Gasteiger charge is 2.23. The highest BCUT2D eigenvalue weighted by atomic mass is 32.1. The lowest BCUT2D eigenvalue weighted by Gasteiger charge is -2.34. The second-order valence-electron chi connectivity index (χ2n) is 5.43. The third-order valence-corrected chi connectivity index (χ3v) is 5.12. The molecule has 1 aliphatic carbocycles. The molecule has 1 aromatic heterocycles. The third-order valence-electron chi connectivity index (χ3n) is 4.20. The van der Waals surface area contributed by atoms with Crippen molar-refractivity contribution in [2.45, 2.75) is 58.2 Å². The Morgan fingerprint density at radius 2 is 2.11 bits per heavy atom. The zero-order valence-corrected chi connectivity index (χ0v) is 12.4. The van der Waals surface area contributed by atoms with E-state index in [0.29, 0.717) is 6.54 Å². The van der Waals surface area contributed by atoms with Crippen LogP contribution in [0.25, 0.3) is 0 Å². The summed E-state index contributed by atoms with van der Waals surface area (Å²) in [5.74, 6) is 0.970. The summed E-state index contributed by atoms with van der Waals surface area (Å²) in [7, 11) is 2.23. The molecule has 0 radical (unpaired) electrons. The van der Waals surface area contributed by atoms with E-state index in [1.165, 1.54) is 37.8 Å². The smallest absolute Gasteiger partial charge is 0.106 e. The van der Waals surface area contributed by atoms with Gasteiger partial charge in [0.25, 0.3) is 0 Å². The first kappa shape index (κ1) is 14.0. The van der Waals surface area contributed by atoms with Crippen molar-refractivity contribution in [2.75, 3.05) is 7.05 Å². The zero-order chi connectivity index (χ0) is 13.0. The van der Waals surface area contributed by atoms with E-state index in [9.17, 15) is 0 Å². The fourth-order valence-corrected chi connectivity index (χ4v) is 3.56. The summed E-state index contributed by atoms with van der Waals surface area (Å²) in [4.78, 5) is 7.02. The first-order valence-electron chi connectivity index (χ1n) is 7.06. The Morgan fingerprint density at radius 3 is 2.67 bits per heavy atom. The second kappa shape index (κ2) is 6.64. The van der Waals surface area contributed by atoms with E-state index in [4.69, 9.17) is 5.73 Å². The summed E-state index contributed by atoms with van der Waals surface area (Å²) in [6.45, 7) is 3.85. The lowest BCUT2D eigenvalue weighted by Crippen LogP contribution is -2.34. The Balaban J connectivity index is 1.82. The summed E-state index contributed by atoms with van der Waals surface area (Å²) in [6.07, 6.45) is 6.85. The molecule has 0 aliphatic heterocycles. The van der Waals surface area contributed by atoms with E-state index < -0.39 is 0 Å². The monoisotopic (exact) mass is 267 g/mol. The van der Waals surface area contributed by atoms with Crippen molar-refractivity contribution in [1.82, 2.24) is 9.88 Å². The Bertz CT molecular complexity index is 356. The summed E-state index contributed by atoms with van der Waals surface area (Å²) in [5.41, 5.74) is 6.78. The van der Waals surface area contributed by atoms with Crippen LogP contribution in [0.3, 0.4) is 0 Å². The van der Waals surface area contributed by atoms with Gasteiger partial charge in [0.15, 0.2) is 0 Å². The lowest BCUT2D eigenvalue weighted by molar-refractivity contribution is 0.156. The number of rotatable bonds is 5. The molecule has 0 saturated heterocycles. The normalized spacial score (nSPS) is 24.7. The predicted molar refractivity (Wildman–Crippen MR) is 77.5 cm³/mol. The molecule has 0 unspecified atom stereocenters. The van der Waals surface area contributed by atoms with Gasteiger partial charge in [-0.2, -0.15) is 0 Å². The van der Waals surface area contributed by atoms with Gasteiger partial charge in [-0.05, 0) is 38.6 Å². The van der Waals surface area contributed by atoms with Gasteiger partial charge in [0, 0.05) is 24.5 Å². The molecular weight excluding hydrogens is 242 g/mol. The molecule has 0 amide bonds. The van der Waals surface area contributed by atoms with Crippen LogP contribution in [0.15, 0.2) is 5.38 Å². The van der Waals surface area contributed by atoms with E-state index in [0.717, 1.165) is 23.5 Å². The molecule has 3 nitrogen and oxygen atoms in total. The molecule has 1 fully saturated rings. The number of thiazole rings is 1. The van der Waals surface area contributed by atoms with E-state index in [1.807, 2.05) is 0 Å². The molecule has 0 spiro atoms. The molecule has 102 valence electrons.